The van der Waals surface area contributed by atoms with Crippen molar-refractivity contribution in [2.45, 2.75) is 112 Å². The fourth-order valence-electron chi connectivity index (χ4n) is 4.94. The van der Waals surface area contributed by atoms with Crippen molar-refractivity contribution in [3.8, 4) is 0 Å². The van der Waals surface area contributed by atoms with Crippen LogP contribution in [0.1, 0.15) is 94.4 Å². The zero-order valence-corrected chi connectivity index (χ0v) is 25.9. The van der Waals surface area contributed by atoms with E-state index in [0.717, 1.165) is 19.3 Å². The van der Waals surface area contributed by atoms with Gasteiger partial charge in [0, 0.05) is 13.5 Å². The third-order valence-electron chi connectivity index (χ3n) is 7.06. The van der Waals surface area contributed by atoms with Gasteiger partial charge in [-0.2, -0.15) is 0 Å². The molecule has 0 aromatic carbocycles. The smallest absolute Gasteiger partial charge is 0.412 e. The summed E-state index contributed by atoms with van der Waals surface area (Å²) in [6.07, 6.45) is 4.12. The van der Waals surface area contributed by atoms with Gasteiger partial charge in [-0.15, -0.1) is 0 Å². The molecule has 0 heterocycles. The van der Waals surface area contributed by atoms with Crippen molar-refractivity contribution in [3.63, 3.8) is 0 Å². The Morgan fingerprint density at radius 2 is 1.68 bits per heavy atom. The Morgan fingerprint density at radius 3 is 2.25 bits per heavy atom. The Morgan fingerprint density at radius 1 is 1.00 bits per heavy atom. The first-order chi connectivity index (χ1) is 18.6. The van der Waals surface area contributed by atoms with Crippen LogP contribution in [0.25, 0.3) is 0 Å². The standard InChI is InChI=1S/C29H52N4O7/c1-10-21(19(3)16-30-20(4)34)12-13-22-14-23(25(35)38-11-2)15-24(22)32-18-33-27(37)40-29(8,9)17-31-26(36)39-28(5,6)7/h18-19,21-24H,10-17H2,1-9H3,(H,30,34)(H,31,36)(H,32,33,37)/t19?,21-,22?,23?,24-/m1/s1. The van der Waals surface area contributed by atoms with Gasteiger partial charge in [-0.1, -0.05) is 20.3 Å². The van der Waals surface area contributed by atoms with Crippen LogP contribution >= 0.6 is 0 Å². The lowest BCUT2D eigenvalue weighted by Gasteiger charge is -2.26. The number of nitrogens with one attached hydrogen (secondary N) is 3. The number of rotatable bonds is 14. The van der Waals surface area contributed by atoms with E-state index in [9.17, 15) is 19.2 Å². The van der Waals surface area contributed by atoms with Crippen molar-refractivity contribution in [3.05, 3.63) is 0 Å². The Balaban J connectivity index is 2.73. The van der Waals surface area contributed by atoms with E-state index in [-0.39, 0.29) is 36.3 Å². The quantitative estimate of drug-likeness (QED) is 0.120. The molecule has 1 aliphatic rings. The molecule has 0 aromatic heterocycles. The fraction of sp³-hybridized carbons (Fsp3) is 0.828. The summed E-state index contributed by atoms with van der Waals surface area (Å²) in [6.45, 7) is 17.3. The molecule has 0 saturated heterocycles. The first kappa shape index (κ1) is 35.2. The lowest BCUT2D eigenvalue weighted by atomic mass is 9.84. The average Bonchev–Trinajstić information content (AvgIpc) is 3.23. The maximum Gasteiger partial charge on any atom is 0.412 e. The molecule has 0 aliphatic heterocycles. The van der Waals surface area contributed by atoms with Crippen LogP contribution in [-0.2, 0) is 23.8 Å². The molecule has 5 atom stereocenters. The predicted octanol–water partition coefficient (Wildman–Crippen LogP) is 4.58. The molecule has 1 rings (SSSR count). The number of alkyl carbamates (subject to hydrolysis) is 2. The summed E-state index contributed by atoms with van der Waals surface area (Å²) in [6, 6.07) is -0.139. The maximum atomic E-state index is 12.5. The van der Waals surface area contributed by atoms with Gasteiger partial charge in [-0.05, 0) is 85.0 Å². The minimum atomic E-state index is -0.983. The Bertz CT molecular complexity index is 869. The number of hydrogen-bond acceptors (Lipinski definition) is 8. The van der Waals surface area contributed by atoms with E-state index in [0.29, 0.717) is 37.8 Å². The molecule has 1 saturated carbocycles. The van der Waals surface area contributed by atoms with Crippen LogP contribution in [0.15, 0.2) is 4.99 Å². The molecule has 3 unspecified atom stereocenters. The number of carbonyl (C=O) groups is 4. The van der Waals surface area contributed by atoms with Gasteiger partial charge in [0.05, 0.1) is 31.4 Å². The molecule has 0 radical (unpaired) electrons. The van der Waals surface area contributed by atoms with Crippen molar-refractivity contribution >= 4 is 30.4 Å². The number of nitrogens with zero attached hydrogens (tertiary/aromatic N) is 1. The highest BCUT2D eigenvalue weighted by Gasteiger charge is 2.38. The van der Waals surface area contributed by atoms with Gasteiger partial charge in [0.1, 0.15) is 11.2 Å². The first-order valence-corrected chi connectivity index (χ1v) is 14.5. The number of aliphatic imine (C=N–C) groups is 1. The van der Waals surface area contributed by atoms with Crippen molar-refractivity contribution in [2.24, 2.45) is 28.7 Å². The topological polar surface area (TPSA) is 144 Å². The van der Waals surface area contributed by atoms with Crippen LogP contribution in [0.2, 0.25) is 0 Å². The molecule has 0 bridgehead atoms. The summed E-state index contributed by atoms with van der Waals surface area (Å²) in [5.74, 6) is 0.472. The molecular weight excluding hydrogens is 516 g/mol. The summed E-state index contributed by atoms with van der Waals surface area (Å²) >= 11 is 0. The van der Waals surface area contributed by atoms with Gasteiger partial charge in [0.2, 0.25) is 5.91 Å². The molecule has 1 fully saturated rings. The van der Waals surface area contributed by atoms with Gasteiger partial charge in [0.15, 0.2) is 0 Å². The summed E-state index contributed by atoms with van der Waals surface area (Å²) in [4.78, 5) is 52.7. The van der Waals surface area contributed by atoms with Crippen molar-refractivity contribution < 1.29 is 33.4 Å². The molecule has 1 aliphatic carbocycles. The monoisotopic (exact) mass is 568 g/mol. The Hall–Kier alpha value is -2.85. The summed E-state index contributed by atoms with van der Waals surface area (Å²) in [5.41, 5.74) is -1.61. The number of esters is 1. The van der Waals surface area contributed by atoms with Gasteiger partial charge < -0.3 is 24.8 Å². The van der Waals surface area contributed by atoms with Crippen LogP contribution < -0.4 is 16.0 Å². The minimum absolute atomic E-state index is 0.0297. The molecule has 40 heavy (non-hydrogen) atoms. The van der Waals surface area contributed by atoms with Crippen LogP contribution in [-0.4, -0.2) is 67.3 Å². The van der Waals surface area contributed by atoms with Gasteiger partial charge in [-0.25, -0.2) is 9.59 Å². The zero-order valence-electron chi connectivity index (χ0n) is 25.9. The molecule has 11 nitrogen and oxygen atoms in total. The van der Waals surface area contributed by atoms with E-state index >= 15 is 0 Å². The van der Waals surface area contributed by atoms with E-state index in [2.05, 4.69) is 34.8 Å². The van der Waals surface area contributed by atoms with Crippen molar-refractivity contribution in [1.29, 1.82) is 0 Å². The van der Waals surface area contributed by atoms with Gasteiger partial charge >= 0.3 is 18.2 Å². The Labute approximate surface area is 239 Å². The third-order valence-corrected chi connectivity index (χ3v) is 7.06. The zero-order chi connectivity index (χ0) is 30.5. The second-order valence-electron chi connectivity index (χ2n) is 12.3. The molecule has 3 N–H and O–H groups in total. The SMILES string of the molecule is CCOC(=O)C1CC(CC[C@@H](CC)C(C)CNC(C)=O)[C@H](N=CNC(=O)OC(C)(C)CNC(=O)OC(C)(C)C)C1. The summed E-state index contributed by atoms with van der Waals surface area (Å²) in [5, 5.41) is 8.06. The summed E-state index contributed by atoms with van der Waals surface area (Å²) in [7, 11) is 0. The fourth-order valence-corrected chi connectivity index (χ4v) is 4.94. The highest BCUT2D eigenvalue weighted by molar-refractivity contribution is 5.82. The van der Waals surface area contributed by atoms with Crippen LogP contribution in [0.3, 0.4) is 0 Å². The number of ether oxygens (including phenoxy) is 3. The third kappa shape index (κ3) is 14.0. The highest BCUT2D eigenvalue weighted by Crippen LogP contribution is 2.38. The van der Waals surface area contributed by atoms with Crippen LogP contribution in [0.5, 0.6) is 0 Å². The molecule has 11 heteroatoms. The molecule has 3 amide bonds. The number of amides is 3. The van der Waals surface area contributed by atoms with E-state index in [4.69, 9.17) is 14.2 Å². The molecular formula is C29H52N4O7. The number of carbonyl (C=O) groups excluding carboxylic acids is 4. The van der Waals surface area contributed by atoms with E-state index in [1.807, 2.05) is 0 Å². The second-order valence-corrected chi connectivity index (χ2v) is 12.3. The largest absolute Gasteiger partial charge is 0.466 e. The number of hydrogen-bond donors (Lipinski definition) is 3. The molecule has 230 valence electrons. The predicted molar refractivity (Wildman–Crippen MR) is 154 cm³/mol. The Kier molecular flexibility index (Phi) is 14.4. The van der Waals surface area contributed by atoms with E-state index in [1.54, 1.807) is 41.5 Å². The molecule has 0 spiro atoms. The summed E-state index contributed by atoms with van der Waals surface area (Å²) < 4.78 is 15.9. The lowest BCUT2D eigenvalue weighted by Crippen LogP contribution is -2.45. The van der Waals surface area contributed by atoms with E-state index < -0.39 is 23.4 Å². The van der Waals surface area contributed by atoms with Crippen molar-refractivity contribution in [2.75, 3.05) is 19.7 Å². The normalized spacial score (nSPS) is 20.9. The van der Waals surface area contributed by atoms with Crippen molar-refractivity contribution in [1.82, 2.24) is 16.0 Å². The van der Waals surface area contributed by atoms with Crippen LogP contribution in [0, 0.1) is 23.7 Å². The first-order valence-electron chi connectivity index (χ1n) is 14.5. The van der Waals surface area contributed by atoms with E-state index in [1.165, 1.54) is 13.3 Å². The highest BCUT2D eigenvalue weighted by atomic mass is 16.6. The maximum absolute atomic E-state index is 12.5. The average molecular weight is 569 g/mol. The molecule has 0 aromatic rings. The van der Waals surface area contributed by atoms with Gasteiger partial charge in [-0.3, -0.25) is 19.9 Å². The lowest BCUT2D eigenvalue weighted by molar-refractivity contribution is -0.147. The van der Waals surface area contributed by atoms with Gasteiger partial charge in [0.25, 0.3) is 0 Å². The minimum Gasteiger partial charge on any atom is -0.466 e. The second kappa shape index (κ2) is 16.4. The van der Waals surface area contributed by atoms with Crippen LogP contribution in [0.4, 0.5) is 9.59 Å².